The molecular formula is C24H31ClN2O3. The molecule has 2 amide bonds. The van der Waals surface area contributed by atoms with E-state index in [2.05, 4.69) is 19.2 Å². The fourth-order valence-electron chi connectivity index (χ4n) is 3.12. The maximum Gasteiger partial charge on any atom is 0.261 e. The van der Waals surface area contributed by atoms with E-state index in [4.69, 9.17) is 16.3 Å². The van der Waals surface area contributed by atoms with Gasteiger partial charge in [-0.25, -0.2) is 0 Å². The van der Waals surface area contributed by atoms with Crippen LogP contribution in [0.1, 0.15) is 51.2 Å². The van der Waals surface area contributed by atoms with Gasteiger partial charge in [-0.2, -0.15) is 0 Å². The number of nitrogens with zero attached hydrogens (tertiary/aromatic N) is 1. The summed E-state index contributed by atoms with van der Waals surface area (Å²) in [6.45, 7) is 8.58. The fraction of sp³-hybridized carbons (Fsp3) is 0.417. The largest absolute Gasteiger partial charge is 0.483 e. The lowest BCUT2D eigenvalue weighted by Crippen LogP contribution is -2.49. The number of hydrogen-bond donors (Lipinski definition) is 1. The van der Waals surface area contributed by atoms with Gasteiger partial charge in [-0.3, -0.25) is 9.59 Å². The molecular weight excluding hydrogens is 400 g/mol. The van der Waals surface area contributed by atoms with Gasteiger partial charge in [-0.15, -0.1) is 0 Å². The summed E-state index contributed by atoms with van der Waals surface area (Å²) >= 11 is 6.10. The Morgan fingerprint density at radius 3 is 2.50 bits per heavy atom. The number of carbonyl (C=O) groups excluding carboxylic acids is 2. The Balaban J connectivity index is 2.18. The van der Waals surface area contributed by atoms with Gasteiger partial charge in [0.2, 0.25) is 5.91 Å². The highest BCUT2D eigenvalue weighted by atomic mass is 35.5. The lowest BCUT2D eigenvalue weighted by atomic mass is 10.0. The summed E-state index contributed by atoms with van der Waals surface area (Å²) in [6.07, 6.45) is 0.829. The summed E-state index contributed by atoms with van der Waals surface area (Å²) in [5, 5.41) is 3.45. The number of amides is 2. The topological polar surface area (TPSA) is 58.6 Å². The Hall–Kier alpha value is -2.53. The molecule has 0 spiro atoms. The molecule has 0 saturated heterocycles. The molecule has 162 valence electrons. The Kier molecular flexibility index (Phi) is 9.18. The third-order valence-electron chi connectivity index (χ3n) is 4.85. The Morgan fingerprint density at radius 2 is 1.83 bits per heavy atom. The normalized spacial score (nSPS) is 11.8. The number of carbonyl (C=O) groups is 2. The first-order valence-electron chi connectivity index (χ1n) is 10.4. The molecule has 0 fully saturated rings. The minimum Gasteiger partial charge on any atom is -0.483 e. The van der Waals surface area contributed by atoms with Crippen molar-refractivity contribution in [2.24, 2.45) is 0 Å². The molecule has 1 atom stereocenters. The van der Waals surface area contributed by atoms with Gasteiger partial charge in [-0.05, 0) is 48.6 Å². The smallest absolute Gasteiger partial charge is 0.261 e. The Bertz CT molecular complexity index is 854. The van der Waals surface area contributed by atoms with E-state index >= 15 is 0 Å². The molecule has 2 aromatic rings. The van der Waals surface area contributed by atoms with Crippen LogP contribution in [-0.2, 0) is 16.1 Å². The number of halogens is 1. The average Bonchev–Trinajstić information content (AvgIpc) is 2.73. The zero-order chi connectivity index (χ0) is 22.1. The molecule has 2 rings (SSSR count). The zero-order valence-corrected chi connectivity index (χ0v) is 18.9. The second kappa shape index (κ2) is 11.6. The van der Waals surface area contributed by atoms with Gasteiger partial charge in [0.25, 0.3) is 5.91 Å². The van der Waals surface area contributed by atoms with E-state index in [1.54, 1.807) is 19.1 Å². The van der Waals surface area contributed by atoms with Gasteiger partial charge in [-0.1, -0.05) is 62.7 Å². The maximum absolute atomic E-state index is 13.1. The third kappa shape index (κ3) is 6.77. The lowest BCUT2D eigenvalue weighted by molar-refractivity contribution is -0.142. The van der Waals surface area contributed by atoms with Crippen LogP contribution in [0.25, 0.3) is 0 Å². The van der Waals surface area contributed by atoms with Crippen LogP contribution < -0.4 is 10.1 Å². The van der Waals surface area contributed by atoms with Crippen molar-refractivity contribution in [3.8, 4) is 5.75 Å². The highest BCUT2D eigenvalue weighted by molar-refractivity contribution is 6.30. The van der Waals surface area contributed by atoms with E-state index in [1.165, 1.54) is 4.90 Å². The first kappa shape index (κ1) is 23.7. The number of nitrogens with one attached hydrogen (secondary N) is 1. The summed E-state index contributed by atoms with van der Waals surface area (Å²) in [5.41, 5.74) is 1.90. The molecule has 2 aromatic carbocycles. The summed E-state index contributed by atoms with van der Waals surface area (Å²) in [6, 6.07) is 14.4. The van der Waals surface area contributed by atoms with Gasteiger partial charge in [0.1, 0.15) is 11.8 Å². The van der Waals surface area contributed by atoms with Crippen LogP contribution >= 0.6 is 11.6 Å². The van der Waals surface area contributed by atoms with E-state index in [9.17, 15) is 9.59 Å². The number of hydrogen-bond acceptors (Lipinski definition) is 3. The standard InChI is InChI=1S/C24H31ClN2O3/c1-5-13-26-24(29)18(4)27(15-19-9-8-10-20(25)14-19)23(28)16-30-22-12-7-6-11-21(22)17(2)3/h6-12,14,17-18H,5,13,15-16H2,1-4H3,(H,26,29). The molecule has 1 unspecified atom stereocenters. The summed E-state index contributed by atoms with van der Waals surface area (Å²) in [4.78, 5) is 27.2. The van der Waals surface area contributed by atoms with Crippen molar-refractivity contribution in [2.45, 2.75) is 52.6 Å². The number of para-hydroxylation sites is 1. The zero-order valence-electron chi connectivity index (χ0n) is 18.2. The molecule has 1 N–H and O–H groups in total. The van der Waals surface area contributed by atoms with Gasteiger partial charge in [0, 0.05) is 18.1 Å². The van der Waals surface area contributed by atoms with Gasteiger partial charge < -0.3 is 15.0 Å². The van der Waals surface area contributed by atoms with Crippen molar-refractivity contribution < 1.29 is 14.3 Å². The molecule has 0 aliphatic heterocycles. The average molecular weight is 431 g/mol. The van der Waals surface area contributed by atoms with Crippen LogP contribution in [0.5, 0.6) is 5.75 Å². The van der Waals surface area contributed by atoms with E-state index in [-0.39, 0.29) is 30.9 Å². The SMILES string of the molecule is CCCNC(=O)C(C)N(Cc1cccc(Cl)c1)C(=O)COc1ccccc1C(C)C. The lowest BCUT2D eigenvalue weighted by Gasteiger charge is -2.29. The minimum absolute atomic E-state index is 0.143. The van der Waals surface area contributed by atoms with Gasteiger partial charge >= 0.3 is 0 Å². The highest BCUT2D eigenvalue weighted by Gasteiger charge is 2.26. The quantitative estimate of drug-likeness (QED) is 0.589. The van der Waals surface area contributed by atoms with E-state index in [0.29, 0.717) is 17.3 Å². The van der Waals surface area contributed by atoms with Crippen molar-refractivity contribution in [1.82, 2.24) is 10.2 Å². The highest BCUT2D eigenvalue weighted by Crippen LogP contribution is 2.26. The fourth-order valence-corrected chi connectivity index (χ4v) is 3.33. The maximum atomic E-state index is 13.1. The number of benzene rings is 2. The first-order valence-corrected chi connectivity index (χ1v) is 10.7. The van der Waals surface area contributed by atoms with Gasteiger partial charge in [0.05, 0.1) is 0 Å². The van der Waals surface area contributed by atoms with Crippen LogP contribution in [0.15, 0.2) is 48.5 Å². The molecule has 0 heterocycles. The molecule has 0 bridgehead atoms. The number of rotatable bonds is 10. The molecule has 6 heteroatoms. The number of ether oxygens (including phenoxy) is 1. The third-order valence-corrected chi connectivity index (χ3v) is 5.09. The Labute approximate surface area is 184 Å². The second-order valence-corrected chi connectivity index (χ2v) is 8.04. The van der Waals surface area contributed by atoms with E-state index < -0.39 is 6.04 Å². The van der Waals surface area contributed by atoms with Crippen molar-refractivity contribution in [2.75, 3.05) is 13.2 Å². The second-order valence-electron chi connectivity index (χ2n) is 7.60. The monoisotopic (exact) mass is 430 g/mol. The van der Waals surface area contributed by atoms with Crippen molar-refractivity contribution in [3.63, 3.8) is 0 Å². The van der Waals surface area contributed by atoms with Crippen molar-refractivity contribution in [3.05, 3.63) is 64.7 Å². The van der Waals surface area contributed by atoms with Crippen LogP contribution in [0, 0.1) is 0 Å². The minimum atomic E-state index is -0.632. The summed E-state index contributed by atoms with van der Waals surface area (Å²) in [7, 11) is 0. The summed E-state index contributed by atoms with van der Waals surface area (Å²) < 4.78 is 5.86. The van der Waals surface area contributed by atoms with Crippen LogP contribution in [0.2, 0.25) is 5.02 Å². The summed E-state index contributed by atoms with van der Waals surface area (Å²) in [5.74, 6) is 0.520. The molecule has 30 heavy (non-hydrogen) atoms. The van der Waals surface area contributed by atoms with E-state index in [1.807, 2.05) is 43.3 Å². The van der Waals surface area contributed by atoms with E-state index in [0.717, 1.165) is 17.5 Å². The molecule has 0 saturated carbocycles. The molecule has 0 aliphatic carbocycles. The van der Waals surface area contributed by atoms with Gasteiger partial charge in [0.15, 0.2) is 6.61 Å². The molecule has 0 aliphatic rings. The molecule has 0 radical (unpaired) electrons. The van der Waals surface area contributed by atoms with Crippen molar-refractivity contribution in [1.29, 1.82) is 0 Å². The van der Waals surface area contributed by atoms with Crippen LogP contribution in [0.4, 0.5) is 0 Å². The Morgan fingerprint density at radius 1 is 1.10 bits per heavy atom. The predicted octanol–water partition coefficient (Wildman–Crippen LogP) is 4.79. The van der Waals surface area contributed by atoms with Crippen LogP contribution in [-0.4, -0.2) is 35.9 Å². The van der Waals surface area contributed by atoms with Crippen LogP contribution in [0.3, 0.4) is 0 Å². The molecule has 0 aromatic heterocycles. The predicted molar refractivity (Wildman–Crippen MR) is 121 cm³/mol. The van der Waals surface area contributed by atoms with Crippen molar-refractivity contribution >= 4 is 23.4 Å². The first-order chi connectivity index (χ1) is 14.3. The molecule has 5 nitrogen and oxygen atoms in total.